The van der Waals surface area contributed by atoms with Gasteiger partial charge in [-0.1, -0.05) is 31.5 Å². The molecule has 0 amide bonds. The summed E-state index contributed by atoms with van der Waals surface area (Å²) in [5.41, 5.74) is 9.04. The summed E-state index contributed by atoms with van der Waals surface area (Å²) in [6.07, 6.45) is 1.98. The van der Waals surface area contributed by atoms with Crippen molar-refractivity contribution in [3.05, 3.63) is 47.8 Å². The molecule has 0 aliphatic heterocycles. The van der Waals surface area contributed by atoms with Crippen molar-refractivity contribution in [1.29, 1.82) is 0 Å². The van der Waals surface area contributed by atoms with Crippen molar-refractivity contribution in [1.82, 2.24) is 9.78 Å². The molecule has 0 radical (unpaired) electrons. The lowest BCUT2D eigenvalue weighted by Crippen LogP contribution is -2.28. The standard InChI is InChI=1S/C14H19N3/c1-11-4-6-12(7-5-11)17-9-8-13(16-17)14(2,3)10-15/h4-9H,10,15H2,1-3H3. The summed E-state index contributed by atoms with van der Waals surface area (Å²) in [5, 5.41) is 4.59. The monoisotopic (exact) mass is 229 g/mol. The van der Waals surface area contributed by atoms with E-state index in [2.05, 4.69) is 50.1 Å². The lowest BCUT2D eigenvalue weighted by atomic mass is 9.90. The highest BCUT2D eigenvalue weighted by Gasteiger charge is 2.21. The average molecular weight is 229 g/mol. The smallest absolute Gasteiger partial charge is 0.0697 e. The third-order valence-corrected chi connectivity index (χ3v) is 3.09. The second-order valence-corrected chi connectivity index (χ2v) is 5.07. The maximum absolute atomic E-state index is 5.76. The fraction of sp³-hybridized carbons (Fsp3) is 0.357. The number of nitrogens with zero attached hydrogens (tertiary/aromatic N) is 2. The maximum atomic E-state index is 5.76. The van der Waals surface area contributed by atoms with E-state index in [1.807, 2.05) is 16.9 Å². The van der Waals surface area contributed by atoms with E-state index in [0.717, 1.165) is 11.4 Å². The Bertz CT molecular complexity index is 494. The highest BCUT2D eigenvalue weighted by molar-refractivity contribution is 5.34. The third-order valence-electron chi connectivity index (χ3n) is 3.09. The Morgan fingerprint density at radius 1 is 1.18 bits per heavy atom. The lowest BCUT2D eigenvalue weighted by Gasteiger charge is -2.19. The average Bonchev–Trinajstić information content (AvgIpc) is 2.80. The maximum Gasteiger partial charge on any atom is 0.0697 e. The third kappa shape index (κ3) is 2.39. The predicted octanol–water partition coefficient (Wildman–Crippen LogP) is 2.42. The zero-order chi connectivity index (χ0) is 12.5. The van der Waals surface area contributed by atoms with E-state index in [1.165, 1.54) is 5.56 Å². The normalized spacial score (nSPS) is 11.8. The van der Waals surface area contributed by atoms with E-state index < -0.39 is 0 Å². The molecule has 1 heterocycles. The summed E-state index contributed by atoms with van der Waals surface area (Å²) >= 11 is 0. The molecule has 1 aromatic carbocycles. The van der Waals surface area contributed by atoms with Gasteiger partial charge in [-0.15, -0.1) is 0 Å². The highest BCUT2D eigenvalue weighted by Crippen LogP contribution is 2.20. The first-order valence-electron chi connectivity index (χ1n) is 5.86. The Labute approximate surface area is 102 Å². The summed E-state index contributed by atoms with van der Waals surface area (Å²) in [6, 6.07) is 10.4. The number of benzene rings is 1. The molecule has 3 heteroatoms. The van der Waals surface area contributed by atoms with Crippen molar-refractivity contribution < 1.29 is 0 Å². The van der Waals surface area contributed by atoms with Crippen LogP contribution >= 0.6 is 0 Å². The molecule has 0 atom stereocenters. The van der Waals surface area contributed by atoms with Crippen LogP contribution in [0.25, 0.3) is 5.69 Å². The van der Waals surface area contributed by atoms with Crippen molar-refractivity contribution >= 4 is 0 Å². The molecule has 3 nitrogen and oxygen atoms in total. The minimum atomic E-state index is -0.0735. The van der Waals surface area contributed by atoms with Gasteiger partial charge in [0, 0.05) is 18.2 Å². The number of rotatable bonds is 3. The first-order valence-corrected chi connectivity index (χ1v) is 5.86. The Hall–Kier alpha value is -1.61. The van der Waals surface area contributed by atoms with Crippen LogP contribution in [-0.2, 0) is 5.41 Å². The predicted molar refractivity (Wildman–Crippen MR) is 70.4 cm³/mol. The highest BCUT2D eigenvalue weighted by atomic mass is 15.3. The molecule has 17 heavy (non-hydrogen) atoms. The van der Waals surface area contributed by atoms with E-state index in [9.17, 15) is 0 Å². The zero-order valence-corrected chi connectivity index (χ0v) is 10.6. The van der Waals surface area contributed by atoms with Crippen LogP contribution in [0.5, 0.6) is 0 Å². The van der Waals surface area contributed by atoms with Gasteiger partial charge in [-0.3, -0.25) is 0 Å². The van der Waals surface area contributed by atoms with Crippen LogP contribution in [0.4, 0.5) is 0 Å². The Morgan fingerprint density at radius 3 is 2.41 bits per heavy atom. The molecule has 90 valence electrons. The molecule has 0 unspecified atom stereocenters. The van der Waals surface area contributed by atoms with E-state index >= 15 is 0 Å². The molecule has 2 rings (SSSR count). The van der Waals surface area contributed by atoms with Gasteiger partial charge < -0.3 is 5.73 Å². The zero-order valence-electron chi connectivity index (χ0n) is 10.6. The second kappa shape index (κ2) is 4.34. The number of hydrogen-bond acceptors (Lipinski definition) is 2. The molecule has 0 spiro atoms. The molecule has 0 bridgehead atoms. The van der Waals surface area contributed by atoms with Crippen LogP contribution in [0.1, 0.15) is 25.1 Å². The summed E-state index contributed by atoms with van der Waals surface area (Å²) in [5.74, 6) is 0. The van der Waals surface area contributed by atoms with Crippen LogP contribution in [0.2, 0.25) is 0 Å². The number of aromatic nitrogens is 2. The van der Waals surface area contributed by atoms with Crippen molar-refractivity contribution in [3.8, 4) is 5.69 Å². The van der Waals surface area contributed by atoms with Gasteiger partial charge in [0.25, 0.3) is 0 Å². The fourth-order valence-electron chi connectivity index (χ4n) is 1.63. The molecule has 0 saturated carbocycles. The molecule has 2 N–H and O–H groups in total. The minimum absolute atomic E-state index is 0.0735. The van der Waals surface area contributed by atoms with Crippen molar-refractivity contribution in [2.24, 2.45) is 5.73 Å². The number of nitrogens with two attached hydrogens (primary N) is 1. The van der Waals surface area contributed by atoms with Gasteiger partial charge in [0.05, 0.1) is 11.4 Å². The van der Waals surface area contributed by atoms with Gasteiger partial charge in [-0.05, 0) is 25.1 Å². The molecule has 0 aliphatic rings. The molecular weight excluding hydrogens is 210 g/mol. The molecule has 1 aromatic heterocycles. The van der Waals surface area contributed by atoms with Gasteiger partial charge in [0.1, 0.15) is 0 Å². The molecule has 0 saturated heterocycles. The molecule has 0 aliphatic carbocycles. The van der Waals surface area contributed by atoms with Crippen LogP contribution < -0.4 is 5.73 Å². The van der Waals surface area contributed by atoms with E-state index in [-0.39, 0.29) is 5.41 Å². The second-order valence-electron chi connectivity index (χ2n) is 5.07. The summed E-state index contributed by atoms with van der Waals surface area (Å²) in [7, 11) is 0. The Kier molecular flexibility index (Phi) is 3.03. The van der Waals surface area contributed by atoms with Gasteiger partial charge in [-0.25, -0.2) is 4.68 Å². The molecular formula is C14H19N3. The van der Waals surface area contributed by atoms with E-state index in [0.29, 0.717) is 6.54 Å². The summed E-state index contributed by atoms with van der Waals surface area (Å²) in [6.45, 7) is 6.89. The van der Waals surface area contributed by atoms with E-state index in [1.54, 1.807) is 0 Å². The van der Waals surface area contributed by atoms with Gasteiger partial charge in [0.2, 0.25) is 0 Å². The minimum Gasteiger partial charge on any atom is -0.330 e. The van der Waals surface area contributed by atoms with Crippen molar-refractivity contribution in [3.63, 3.8) is 0 Å². The van der Waals surface area contributed by atoms with Crippen LogP contribution in [0.15, 0.2) is 36.5 Å². The first-order chi connectivity index (χ1) is 8.03. The van der Waals surface area contributed by atoms with Crippen LogP contribution in [0.3, 0.4) is 0 Å². The molecule has 2 aromatic rings. The van der Waals surface area contributed by atoms with E-state index in [4.69, 9.17) is 5.73 Å². The number of aryl methyl sites for hydroxylation is 1. The quantitative estimate of drug-likeness (QED) is 0.878. The molecule has 0 fully saturated rings. The summed E-state index contributed by atoms with van der Waals surface area (Å²) < 4.78 is 1.90. The van der Waals surface area contributed by atoms with Gasteiger partial charge in [-0.2, -0.15) is 5.10 Å². The SMILES string of the molecule is Cc1ccc(-n2ccc(C(C)(C)CN)n2)cc1. The van der Waals surface area contributed by atoms with Gasteiger partial charge in [0.15, 0.2) is 0 Å². The fourth-order valence-corrected chi connectivity index (χ4v) is 1.63. The largest absolute Gasteiger partial charge is 0.330 e. The first kappa shape index (κ1) is 11.9. The van der Waals surface area contributed by atoms with Crippen LogP contribution in [-0.4, -0.2) is 16.3 Å². The topological polar surface area (TPSA) is 43.8 Å². The Balaban J connectivity index is 2.33. The van der Waals surface area contributed by atoms with Crippen molar-refractivity contribution in [2.45, 2.75) is 26.2 Å². The van der Waals surface area contributed by atoms with Crippen LogP contribution in [0, 0.1) is 6.92 Å². The summed E-state index contributed by atoms with van der Waals surface area (Å²) in [4.78, 5) is 0. The Morgan fingerprint density at radius 2 is 1.82 bits per heavy atom. The van der Waals surface area contributed by atoms with Gasteiger partial charge >= 0.3 is 0 Å². The lowest BCUT2D eigenvalue weighted by molar-refractivity contribution is 0.516. The number of hydrogen-bond donors (Lipinski definition) is 1. The van der Waals surface area contributed by atoms with Crippen molar-refractivity contribution in [2.75, 3.05) is 6.54 Å².